The van der Waals surface area contributed by atoms with Crippen molar-refractivity contribution in [2.24, 2.45) is 5.92 Å². The summed E-state index contributed by atoms with van der Waals surface area (Å²) in [7, 11) is 0. The summed E-state index contributed by atoms with van der Waals surface area (Å²) in [6.45, 7) is 2.23. The summed E-state index contributed by atoms with van der Waals surface area (Å²) in [5.74, 6) is -1.96. The van der Waals surface area contributed by atoms with E-state index in [0.717, 1.165) is 31.2 Å². The van der Waals surface area contributed by atoms with Crippen molar-refractivity contribution >= 4 is 23.8 Å². The van der Waals surface area contributed by atoms with Crippen molar-refractivity contribution in [3.05, 3.63) is 35.9 Å². The van der Waals surface area contributed by atoms with Crippen LogP contribution in [-0.4, -0.2) is 54.0 Å². The van der Waals surface area contributed by atoms with Crippen LogP contribution < -0.4 is 10.6 Å². The smallest absolute Gasteiger partial charge is 0.321 e. The number of hydrogen-bond acceptors (Lipinski definition) is 5. The van der Waals surface area contributed by atoms with Crippen LogP contribution in [0.5, 0.6) is 0 Å². The predicted octanol–water partition coefficient (Wildman–Crippen LogP) is 2.17. The van der Waals surface area contributed by atoms with E-state index in [1.54, 1.807) is 4.90 Å². The standard InChI is InChI=1S/C23H31N3O5/c1-16(21(28)25-23(30)24-19-10-6-3-7-11-19)31-22(29)18-14-20(27)26(15-18)13-12-17-8-4-2-5-9-17/h2,4-5,8-9,16,18-19H,3,6-7,10-15H2,1H3,(H2,24,25,28,30)/t16-,18+/m0/s1. The lowest BCUT2D eigenvalue weighted by Gasteiger charge is -2.23. The fraction of sp³-hybridized carbons (Fsp3) is 0.565. The Morgan fingerprint density at radius 1 is 1.13 bits per heavy atom. The first kappa shape index (κ1) is 22.8. The molecular formula is C23H31N3O5. The van der Waals surface area contributed by atoms with Crippen LogP contribution in [0.1, 0.15) is 51.0 Å². The number of likely N-dealkylation sites (tertiary alicyclic amines) is 1. The quantitative estimate of drug-likeness (QED) is 0.647. The lowest BCUT2D eigenvalue weighted by Crippen LogP contribution is -2.48. The first-order valence-electron chi connectivity index (χ1n) is 11.1. The van der Waals surface area contributed by atoms with Gasteiger partial charge >= 0.3 is 12.0 Å². The minimum Gasteiger partial charge on any atom is -0.452 e. The van der Waals surface area contributed by atoms with E-state index in [9.17, 15) is 19.2 Å². The van der Waals surface area contributed by atoms with E-state index in [-0.39, 0.29) is 24.9 Å². The number of urea groups is 1. The molecule has 1 aliphatic carbocycles. The highest BCUT2D eigenvalue weighted by Crippen LogP contribution is 2.20. The van der Waals surface area contributed by atoms with Gasteiger partial charge in [-0.15, -0.1) is 0 Å². The van der Waals surface area contributed by atoms with Crippen molar-refractivity contribution in [3.8, 4) is 0 Å². The van der Waals surface area contributed by atoms with Gasteiger partial charge in [0.05, 0.1) is 5.92 Å². The molecule has 1 aromatic rings. The minimum atomic E-state index is -1.11. The van der Waals surface area contributed by atoms with Crippen LogP contribution in [0.3, 0.4) is 0 Å². The first-order valence-corrected chi connectivity index (χ1v) is 11.1. The first-order chi connectivity index (χ1) is 14.9. The molecule has 2 N–H and O–H groups in total. The fourth-order valence-electron chi connectivity index (χ4n) is 4.06. The van der Waals surface area contributed by atoms with E-state index in [0.29, 0.717) is 13.0 Å². The molecule has 31 heavy (non-hydrogen) atoms. The number of imide groups is 1. The summed E-state index contributed by atoms with van der Waals surface area (Å²) in [5, 5.41) is 5.02. The molecule has 1 saturated heterocycles. The van der Waals surface area contributed by atoms with Crippen LogP contribution in [0.25, 0.3) is 0 Å². The number of rotatable bonds is 7. The Kier molecular flexibility index (Phi) is 8.03. The van der Waals surface area contributed by atoms with Crippen LogP contribution >= 0.6 is 0 Å². The molecule has 0 radical (unpaired) electrons. The average Bonchev–Trinajstić information content (AvgIpc) is 3.14. The van der Waals surface area contributed by atoms with Crippen LogP contribution in [0.4, 0.5) is 4.79 Å². The van der Waals surface area contributed by atoms with Gasteiger partial charge in [-0.1, -0.05) is 49.6 Å². The molecular weight excluding hydrogens is 398 g/mol. The highest BCUT2D eigenvalue weighted by atomic mass is 16.5. The van der Waals surface area contributed by atoms with E-state index in [4.69, 9.17) is 4.74 Å². The Bertz CT molecular complexity index is 792. The van der Waals surface area contributed by atoms with Crippen molar-refractivity contribution in [1.82, 2.24) is 15.5 Å². The Hall–Kier alpha value is -2.90. The van der Waals surface area contributed by atoms with Gasteiger partial charge in [-0.2, -0.15) is 0 Å². The molecule has 2 atom stereocenters. The summed E-state index contributed by atoms with van der Waals surface area (Å²) in [6.07, 6.45) is 4.78. The van der Waals surface area contributed by atoms with Crippen molar-refractivity contribution in [2.75, 3.05) is 13.1 Å². The van der Waals surface area contributed by atoms with Gasteiger partial charge in [0.25, 0.3) is 5.91 Å². The Morgan fingerprint density at radius 3 is 2.55 bits per heavy atom. The molecule has 1 aromatic carbocycles. The molecule has 2 aliphatic rings. The van der Waals surface area contributed by atoms with Crippen LogP contribution in [0.2, 0.25) is 0 Å². The number of amides is 4. The number of carbonyl (C=O) groups is 4. The van der Waals surface area contributed by atoms with Gasteiger partial charge in [-0.05, 0) is 31.7 Å². The van der Waals surface area contributed by atoms with Crippen LogP contribution in [-0.2, 0) is 25.5 Å². The Morgan fingerprint density at radius 2 is 1.84 bits per heavy atom. The lowest BCUT2D eigenvalue weighted by molar-refractivity contribution is -0.158. The van der Waals surface area contributed by atoms with Gasteiger partial charge in [0.15, 0.2) is 6.10 Å². The lowest BCUT2D eigenvalue weighted by atomic mass is 9.96. The second-order valence-electron chi connectivity index (χ2n) is 8.35. The highest BCUT2D eigenvalue weighted by Gasteiger charge is 2.36. The molecule has 1 aliphatic heterocycles. The minimum absolute atomic E-state index is 0.0735. The van der Waals surface area contributed by atoms with Gasteiger partial charge in [-0.25, -0.2) is 4.79 Å². The fourth-order valence-corrected chi connectivity index (χ4v) is 4.06. The topological polar surface area (TPSA) is 105 Å². The zero-order valence-corrected chi connectivity index (χ0v) is 18.0. The third kappa shape index (κ3) is 6.80. The van der Waals surface area contributed by atoms with Gasteiger partial charge in [-0.3, -0.25) is 19.7 Å². The van der Waals surface area contributed by atoms with Crippen molar-refractivity contribution in [1.29, 1.82) is 0 Å². The molecule has 0 aromatic heterocycles. The van der Waals surface area contributed by atoms with Crippen LogP contribution in [0, 0.1) is 5.92 Å². The summed E-state index contributed by atoms with van der Waals surface area (Å²) < 4.78 is 5.24. The molecule has 4 amide bonds. The summed E-state index contributed by atoms with van der Waals surface area (Å²) in [6, 6.07) is 9.34. The third-order valence-corrected chi connectivity index (χ3v) is 5.90. The van der Waals surface area contributed by atoms with Gasteiger partial charge in [0, 0.05) is 25.6 Å². The second-order valence-corrected chi connectivity index (χ2v) is 8.35. The third-order valence-electron chi connectivity index (χ3n) is 5.90. The summed E-state index contributed by atoms with van der Waals surface area (Å²) in [4.78, 5) is 50.6. The van der Waals surface area contributed by atoms with E-state index in [1.807, 2.05) is 30.3 Å². The second kappa shape index (κ2) is 10.9. The van der Waals surface area contributed by atoms with E-state index >= 15 is 0 Å². The molecule has 0 unspecified atom stereocenters. The van der Waals surface area contributed by atoms with Gasteiger partial charge in [0.1, 0.15) is 0 Å². The normalized spacial score (nSPS) is 20.2. The van der Waals surface area contributed by atoms with E-state index in [1.165, 1.54) is 13.3 Å². The number of ether oxygens (including phenoxy) is 1. The monoisotopic (exact) mass is 429 g/mol. The maximum atomic E-state index is 12.4. The molecule has 8 heteroatoms. The number of nitrogens with one attached hydrogen (secondary N) is 2. The molecule has 3 rings (SSSR count). The molecule has 8 nitrogen and oxygen atoms in total. The molecule has 0 spiro atoms. The molecule has 1 saturated carbocycles. The highest BCUT2D eigenvalue weighted by molar-refractivity contribution is 5.97. The van der Waals surface area contributed by atoms with E-state index < -0.39 is 29.9 Å². The maximum absolute atomic E-state index is 12.4. The number of nitrogens with zero attached hydrogens (tertiary/aromatic N) is 1. The molecule has 0 bridgehead atoms. The zero-order valence-electron chi connectivity index (χ0n) is 18.0. The van der Waals surface area contributed by atoms with E-state index in [2.05, 4.69) is 10.6 Å². The largest absolute Gasteiger partial charge is 0.452 e. The average molecular weight is 430 g/mol. The molecule has 2 fully saturated rings. The molecule has 1 heterocycles. The number of carbonyl (C=O) groups excluding carboxylic acids is 4. The number of esters is 1. The Labute approximate surface area is 182 Å². The van der Waals surface area contributed by atoms with Gasteiger partial charge < -0.3 is 15.0 Å². The van der Waals surface area contributed by atoms with Gasteiger partial charge in [0.2, 0.25) is 5.91 Å². The van der Waals surface area contributed by atoms with Crippen molar-refractivity contribution in [2.45, 2.75) is 64.0 Å². The maximum Gasteiger partial charge on any atom is 0.321 e. The predicted molar refractivity (Wildman–Crippen MR) is 114 cm³/mol. The SMILES string of the molecule is C[C@H](OC(=O)[C@@H]1CC(=O)N(CCc2ccccc2)C1)C(=O)NC(=O)NC1CCCCC1. The Balaban J connectivity index is 1.40. The van der Waals surface area contributed by atoms with Crippen LogP contribution in [0.15, 0.2) is 30.3 Å². The van der Waals surface area contributed by atoms with Crippen molar-refractivity contribution in [3.63, 3.8) is 0 Å². The van der Waals surface area contributed by atoms with Crippen molar-refractivity contribution < 1.29 is 23.9 Å². The summed E-state index contributed by atoms with van der Waals surface area (Å²) >= 11 is 0. The number of benzene rings is 1. The zero-order chi connectivity index (χ0) is 22.2. The number of hydrogen-bond donors (Lipinski definition) is 2. The summed E-state index contributed by atoms with van der Waals surface area (Å²) in [5.41, 5.74) is 1.12. The molecule has 168 valence electrons.